The molecule has 0 unspecified atom stereocenters. The van der Waals surface area contributed by atoms with Gasteiger partial charge in [-0.2, -0.15) is 0 Å². The lowest BCUT2D eigenvalue weighted by Crippen LogP contribution is -2.30. The standard InChI is InChI=1S/C15H19N3O2/c1-11-12(7-8-20-11)9-18(2)10-15(19)17-14-6-4-3-5-13(14)16/h3-8H,9-10,16H2,1-2H3,(H,17,19). The number of carbonyl (C=O) groups is 1. The molecule has 1 aromatic heterocycles. The molecule has 5 nitrogen and oxygen atoms in total. The Kier molecular flexibility index (Phi) is 4.42. The Bertz CT molecular complexity index is 592. The summed E-state index contributed by atoms with van der Waals surface area (Å²) in [6, 6.07) is 9.13. The SMILES string of the molecule is Cc1occc1CN(C)CC(=O)Nc1ccccc1N. The van der Waals surface area contributed by atoms with Crippen LogP contribution in [0.15, 0.2) is 41.0 Å². The molecular weight excluding hydrogens is 254 g/mol. The van der Waals surface area contributed by atoms with Crippen molar-refractivity contribution < 1.29 is 9.21 Å². The van der Waals surface area contributed by atoms with E-state index in [9.17, 15) is 4.79 Å². The smallest absolute Gasteiger partial charge is 0.238 e. The first kappa shape index (κ1) is 14.1. The van der Waals surface area contributed by atoms with Gasteiger partial charge in [-0.25, -0.2) is 0 Å². The zero-order valence-electron chi connectivity index (χ0n) is 11.7. The summed E-state index contributed by atoms with van der Waals surface area (Å²) in [5.41, 5.74) is 8.08. The van der Waals surface area contributed by atoms with Crippen molar-refractivity contribution in [2.24, 2.45) is 0 Å². The van der Waals surface area contributed by atoms with Gasteiger partial charge < -0.3 is 15.5 Å². The van der Waals surface area contributed by atoms with Crippen LogP contribution in [0.25, 0.3) is 0 Å². The molecular formula is C15H19N3O2. The minimum Gasteiger partial charge on any atom is -0.469 e. The van der Waals surface area contributed by atoms with Gasteiger partial charge >= 0.3 is 0 Å². The number of para-hydroxylation sites is 2. The Morgan fingerprint density at radius 3 is 2.75 bits per heavy atom. The van der Waals surface area contributed by atoms with Gasteiger partial charge in [0.25, 0.3) is 0 Å². The van der Waals surface area contributed by atoms with E-state index in [0.29, 0.717) is 24.5 Å². The number of likely N-dealkylation sites (N-methyl/N-ethyl adjacent to an activating group) is 1. The lowest BCUT2D eigenvalue weighted by molar-refractivity contribution is -0.117. The fourth-order valence-corrected chi connectivity index (χ4v) is 1.97. The van der Waals surface area contributed by atoms with E-state index in [0.717, 1.165) is 11.3 Å². The first-order valence-electron chi connectivity index (χ1n) is 6.42. The molecule has 20 heavy (non-hydrogen) atoms. The van der Waals surface area contributed by atoms with Gasteiger partial charge in [-0.3, -0.25) is 9.69 Å². The summed E-state index contributed by atoms with van der Waals surface area (Å²) < 4.78 is 5.24. The highest BCUT2D eigenvalue weighted by Gasteiger charge is 2.10. The number of hydrogen-bond acceptors (Lipinski definition) is 4. The number of aryl methyl sites for hydroxylation is 1. The van der Waals surface area contributed by atoms with Crippen LogP contribution in [0.5, 0.6) is 0 Å². The van der Waals surface area contributed by atoms with E-state index in [1.54, 1.807) is 18.4 Å². The molecule has 0 atom stereocenters. The molecule has 3 N–H and O–H groups in total. The Balaban J connectivity index is 1.88. The second-order valence-corrected chi connectivity index (χ2v) is 4.81. The Labute approximate surface area is 118 Å². The molecule has 0 saturated heterocycles. The quantitative estimate of drug-likeness (QED) is 0.820. The molecule has 5 heteroatoms. The number of nitrogens with one attached hydrogen (secondary N) is 1. The van der Waals surface area contributed by atoms with Crippen LogP contribution in [0.4, 0.5) is 11.4 Å². The summed E-state index contributed by atoms with van der Waals surface area (Å²) in [6.07, 6.45) is 1.66. The van der Waals surface area contributed by atoms with Gasteiger partial charge in [0.2, 0.25) is 5.91 Å². The summed E-state index contributed by atoms with van der Waals surface area (Å²) in [5.74, 6) is 0.788. The van der Waals surface area contributed by atoms with Crippen molar-refractivity contribution >= 4 is 17.3 Å². The number of amides is 1. The average molecular weight is 273 g/mol. The minimum absolute atomic E-state index is 0.0912. The van der Waals surface area contributed by atoms with Gasteiger partial charge in [-0.15, -0.1) is 0 Å². The number of rotatable bonds is 5. The molecule has 0 saturated carbocycles. The van der Waals surface area contributed by atoms with Crippen molar-refractivity contribution in [1.29, 1.82) is 0 Å². The fourth-order valence-electron chi connectivity index (χ4n) is 1.97. The normalized spacial score (nSPS) is 10.8. The van der Waals surface area contributed by atoms with Crippen LogP contribution >= 0.6 is 0 Å². The van der Waals surface area contributed by atoms with Crippen molar-refractivity contribution in [1.82, 2.24) is 4.90 Å². The molecule has 0 bridgehead atoms. The Morgan fingerprint density at radius 2 is 2.10 bits per heavy atom. The predicted octanol–water partition coefficient (Wildman–Crippen LogP) is 2.24. The van der Waals surface area contributed by atoms with Crippen molar-refractivity contribution in [3.05, 3.63) is 47.9 Å². The first-order chi connectivity index (χ1) is 9.56. The number of furan rings is 1. The van der Waals surface area contributed by atoms with Crippen molar-refractivity contribution in [3.8, 4) is 0 Å². The van der Waals surface area contributed by atoms with Crippen LogP contribution < -0.4 is 11.1 Å². The molecule has 0 radical (unpaired) electrons. The Hall–Kier alpha value is -2.27. The molecule has 1 amide bonds. The van der Waals surface area contributed by atoms with E-state index >= 15 is 0 Å². The molecule has 106 valence electrons. The van der Waals surface area contributed by atoms with E-state index in [1.165, 1.54) is 0 Å². The Morgan fingerprint density at radius 1 is 1.35 bits per heavy atom. The molecule has 0 fully saturated rings. The molecule has 0 spiro atoms. The minimum atomic E-state index is -0.0912. The maximum Gasteiger partial charge on any atom is 0.238 e. The van der Waals surface area contributed by atoms with Gasteiger partial charge in [-0.05, 0) is 32.2 Å². The van der Waals surface area contributed by atoms with Gasteiger partial charge in [-0.1, -0.05) is 12.1 Å². The fraction of sp³-hybridized carbons (Fsp3) is 0.267. The average Bonchev–Trinajstić information content (AvgIpc) is 2.77. The second-order valence-electron chi connectivity index (χ2n) is 4.81. The maximum absolute atomic E-state index is 12.0. The van der Waals surface area contributed by atoms with Gasteiger partial charge in [0, 0.05) is 12.1 Å². The number of nitrogens with zero attached hydrogens (tertiary/aromatic N) is 1. The second kappa shape index (κ2) is 6.25. The van der Waals surface area contributed by atoms with Crippen molar-refractivity contribution in [3.63, 3.8) is 0 Å². The molecule has 1 aromatic carbocycles. The van der Waals surface area contributed by atoms with Gasteiger partial charge in [0.15, 0.2) is 0 Å². The number of nitrogen functional groups attached to an aromatic ring is 1. The molecule has 1 heterocycles. The third-order valence-corrected chi connectivity index (χ3v) is 3.05. The summed E-state index contributed by atoms with van der Waals surface area (Å²) in [5, 5.41) is 2.81. The highest BCUT2D eigenvalue weighted by molar-refractivity contribution is 5.95. The van der Waals surface area contributed by atoms with Gasteiger partial charge in [0.1, 0.15) is 5.76 Å². The third-order valence-electron chi connectivity index (χ3n) is 3.05. The lowest BCUT2D eigenvalue weighted by atomic mass is 10.2. The lowest BCUT2D eigenvalue weighted by Gasteiger charge is -2.16. The first-order valence-corrected chi connectivity index (χ1v) is 6.42. The van der Waals surface area contributed by atoms with Crippen molar-refractivity contribution in [2.75, 3.05) is 24.6 Å². The topological polar surface area (TPSA) is 71.5 Å². The number of nitrogens with two attached hydrogens (primary N) is 1. The summed E-state index contributed by atoms with van der Waals surface area (Å²) in [6.45, 7) is 2.87. The van der Waals surface area contributed by atoms with E-state index in [2.05, 4.69) is 5.32 Å². The molecule has 2 rings (SSSR count). The third kappa shape index (κ3) is 3.61. The van der Waals surface area contributed by atoms with E-state index in [4.69, 9.17) is 10.2 Å². The molecule has 2 aromatic rings. The van der Waals surface area contributed by atoms with Crippen LogP contribution in [0.2, 0.25) is 0 Å². The van der Waals surface area contributed by atoms with Crippen LogP contribution in [0, 0.1) is 6.92 Å². The monoisotopic (exact) mass is 273 g/mol. The summed E-state index contributed by atoms with van der Waals surface area (Å²) in [4.78, 5) is 13.9. The predicted molar refractivity (Wildman–Crippen MR) is 79.3 cm³/mol. The number of carbonyl (C=O) groups excluding carboxylic acids is 1. The van der Waals surface area contributed by atoms with Crippen LogP contribution in [-0.4, -0.2) is 24.4 Å². The summed E-state index contributed by atoms with van der Waals surface area (Å²) in [7, 11) is 1.89. The highest BCUT2D eigenvalue weighted by atomic mass is 16.3. The highest BCUT2D eigenvalue weighted by Crippen LogP contribution is 2.16. The van der Waals surface area contributed by atoms with Gasteiger partial charge in [0.05, 0.1) is 24.2 Å². The van der Waals surface area contributed by atoms with Crippen LogP contribution in [-0.2, 0) is 11.3 Å². The van der Waals surface area contributed by atoms with Crippen LogP contribution in [0.3, 0.4) is 0 Å². The van der Waals surface area contributed by atoms with Crippen LogP contribution in [0.1, 0.15) is 11.3 Å². The molecule has 0 aliphatic rings. The summed E-state index contributed by atoms with van der Waals surface area (Å²) >= 11 is 0. The number of anilines is 2. The van der Waals surface area contributed by atoms with E-state index in [1.807, 2.05) is 37.1 Å². The molecule has 0 aliphatic heterocycles. The van der Waals surface area contributed by atoms with E-state index < -0.39 is 0 Å². The molecule has 0 aliphatic carbocycles. The largest absolute Gasteiger partial charge is 0.469 e. The van der Waals surface area contributed by atoms with Crippen molar-refractivity contribution in [2.45, 2.75) is 13.5 Å². The maximum atomic E-state index is 12.0. The van der Waals surface area contributed by atoms with E-state index in [-0.39, 0.29) is 5.91 Å². The zero-order chi connectivity index (χ0) is 14.5. The number of benzene rings is 1. The zero-order valence-corrected chi connectivity index (χ0v) is 11.7. The number of hydrogen-bond donors (Lipinski definition) is 2.